The van der Waals surface area contributed by atoms with Gasteiger partial charge in [-0.3, -0.25) is 0 Å². The molecular weight excluding hydrogens is 176 g/mol. The van der Waals surface area contributed by atoms with E-state index in [-0.39, 0.29) is 4.84 Å². The highest BCUT2D eigenvalue weighted by Crippen LogP contribution is 2.18. The monoisotopic (exact) mass is 182 g/mol. The van der Waals surface area contributed by atoms with Gasteiger partial charge >= 0.3 is 0 Å². The first kappa shape index (κ1) is 7.30. The molecule has 0 bridgehead atoms. The first-order chi connectivity index (χ1) is 5.75. The Balaban J connectivity index is 2.50. The molecule has 0 aliphatic carbocycles. The number of hydrogen-bond acceptors (Lipinski definition) is 4. The number of hydrogen-bond donors (Lipinski definition) is 1. The lowest BCUT2D eigenvalue weighted by atomic mass is 10.3. The van der Waals surface area contributed by atoms with Crippen LogP contribution >= 0.6 is 12.2 Å². The average Bonchev–Trinajstić information content (AvgIpc) is 2.58. The molecule has 2 aromatic rings. The zero-order valence-electron chi connectivity index (χ0n) is 6.33. The van der Waals surface area contributed by atoms with Crippen molar-refractivity contribution in [1.82, 2.24) is 10.2 Å². The molecule has 0 radical (unpaired) electrons. The molecule has 0 spiro atoms. The van der Waals surface area contributed by atoms with Gasteiger partial charge < -0.3 is 8.83 Å². The molecule has 0 aliphatic rings. The molecule has 0 saturated heterocycles. The number of aromatic amines is 1. The van der Waals surface area contributed by atoms with E-state index in [0.29, 0.717) is 5.89 Å². The molecule has 0 aromatic carbocycles. The van der Waals surface area contributed by atoms with E-state index in [0.717, 1.165) is 11.3 Å². The first-order valence-electron chi connectivity index (χ1n) is 3.37. The molecule has 0 saturated carbocycles. The molecule has 0 fully saturated rings. The highest BCUT2D eigenvalue weighted by molar-refractivity contribution is 7.71. The van der Waals surface area contributed by atoms with Gasteiger partial charge in [-0.25, -0.2) is 5.10 Å². The quantitative estimate of drug-likeness (QED) is 0.687. The summed E-state index contributed by atoms with van der Waals surface area (Å²) in [7, 11) is 0. The summed E-state index contributed by atoms with van der Waals surface area (Å²) in [6, 6.07) is 1.83. The van der Waals surface area contributed by atoms with E-state index in [1.54, 1.807) is 6.26 Å². The van der Waals surface area contributed by atoms with Crippen LogP contribution < -0.4 is 0 Å². The summed E-state index contributed by atoms with van der Waals surface area (Å²) in [4.78, 5) is 0.267. The summed E-state index contributed by atoms with van der Waals surface area (Å²) in [6.45, 7) is 1.85. The van der Waals surface area contributed by atoms with Crippen molar-refractivity contribution in [2.24, 2.45) is 0 Å². The number of nitrogens with zero attached hydrogens (tertiary/aromatic N) is 1. The number of furan rings is 1. The maximum absolute atomic E-state index is 5.08. The average molecular weight is 182 g/mol. The highest BCUT2D eigenvalue weighted by Gasteiger charge is 2.05. The number of aromatic nitrogens is 2. The van der Waals surface area contributed by atoms with Crippen LogP contribution in [0.25, 0.3) is 11.5 Å². The zero-order chi connectivity index (χ0) is 8.55. The molecule has 0 atom stereocenters. The SMILES string of the molecule is Cc1cc(-c2n[nH]c(=S)o2)co1. The van der Waals surface area contributed by atoms with Crippen LogP contribution in [0.15, 0.2) is 21.2 Å². The third-order valence-electron chi connectivity index (χ3n) is 1.42. The van der Waals surface area contributed by atoms with E-state index in [1.807, 2.05) is 13.0 Å². The minimum Gasteiger partial charge on any atom is -0.469 e. The van der Waals surface area contributed by atoms with Gasteiger partial charge in [0, 0.05) is 0 Å². The Morgan fingerprint density at radius 1 is 1.58 bits per heavy atom. The molecule has 2 rings (SSSR count). The van der Waals surface area contributed by atoms with Gasteiger partial charge in [-0.15, -0.1) is 5.10 Å². The van der Waals surface area contributed by atoms with Crippen LogP contribution in [0, 0.1) is 11.8 Å². The molecule has 5 heteroatoms. The van der Waals surface area contributed by atoms with Gasteiger partial charge in [0.05, 0.1) is 5.56 Å². The Morgan fingerprint density at radius 2 is 2.42 bits per heavy atom. The van der Waals surface area contributed by atoms with Gasteiger partial charge in [0.1, 0.15) is 12.0 Å². The molecule has 2 heterocycles. The molecule has 12 heavy (non-hydrogen) atoms. The van der Waals surface area contributed by atoms with E-state index in [4.69, 9.17) is 21.1 Å². The number of aryl methyl sites for hydroxylation is 1. The summed E-state index contributed by atoms with van der Waals surface area (Å²) in [5, 5.41) is 6.38. The van der Waals surface area contributed by atoms with Crippen molar-refractivity contribution >= 4 is 12.2 Å². The van der Waals surface area contributed by atoms with E-state index in [9.17, 15) is 0 Å². The summed E-state index contributed by atoms with van der Waals surface area (Å²) in [5.41, 5.74) is 0.792. The van der Waals surface area contributed by atoms with Gasteiger partial charge in [-0.1, -0.05) is 0 Å². The second-order valence-electron chi connectivity index (χ2n) is 2.36. The van der Waals surface area contributed by atoms with Crippen LogP contribution in [0.2, 0.25) is 0 Å². The zero-order valence-corrected chi connectivity index (χ0v) is 7.14. The maximum atomic E-state index is 5.08. The van der Waals surface area contributed by atoms with Crippen LogP contribution in [-0.4, -0.2) is 10.2 Å². The summed E-state index contributed by atoms with van der Waals surface area (Å²) in [6.07, 6.45) is 1.57. The molecule has 1 N–H and O–H groups in total. The van der Waals surface area contributed by atoms with Crippen molar-refractivity contribution in [3.05, 3.63) is 22.9 Å². The third kappa shape index (κ3) is 1.18. The smallest absolute Gasteiger partial charge is 0.284 e. The van der Waals surface area contributed by atoms with Gasteiger partial charge in [-0.05, 0) is 25.2 Å². The van der Waals surface area contributed by atoms with Crippen LogP contribution in [0.4, 0.5) is 0 Å². The Bertz CT molecular complexity index is 440. The standard InChI is InChI=1S/C7H6N2O2S/c1-4-2-5(3-10-4)6-8-9-7(12)11-6/h2-3H,1H3,(H,9,12). The van der Waals surface area contributed by atoms with Crippen molar-refractivity contribution in [2.45, 2.75) is 6.92 Å². The van der Waals surface area contributed by atoms with Crippen LogP contribution in [-0.2, 0) is 0 Å². The summed E-state index contributed by atoms with van der Waals surface area (Å²) in [5.74, 6) is 1.27. The molecule has 0 unspecified atom stereocenters. The molecule has 2 aromatic heterocycles. The topological polar surface area (TPSA) is 55.0 Å². The van der Waals surface area contributed by atoms with Crippen molar-refractivity contribution in [1.29, 1.82) is 0 Å². The van der Waals surface area contributed by atoms with Gasteiger partial charge in [0.2, 0.25) is 5.89 Å². The van der Waals surface area contributed by atoms with Gasteiger partial charge in [-0.2, -0.15) is 0 Å². The Kier molecular flexibility index (Phi) is 1.58. The van der Waals surface area contributed by atoms with Gasteiger partial charge in [0.15, 0.2) is 0 Å². The van der Waals surface area contributed by atoms with Crippen molar-refractivity contribution < 1.29 is 8.83 Å². The summed E-state index contributed by atoms with van der Waals surface area (Å²) >= 11 is 4.72. The Labute approximate surface area is 73.2 Å². The minimum atomic E-state index is 0.267. The predicted octanol–water partition coefficient (Wildman–Crippen LogP) is 2.30. The lowest BCUT2D eigenvalue weighted by Gasteiger charge is -1.80. The first-order valence-corrected chi connectivity index (χ1v) is 3.77. The molecule has 62 valence electrons. The molecule has 4 nitrogen and oxygen atoms in total. The Hall–Kier alpha value is -1.36. The van der Waals surface area contributed by atoms with Crippen LogP contribution in [0.5, 0.6) is 0 Å². The van der Waals surface area contributed by atoms with E-state index in [2.05, 4.69) is 10.2 Å². The normalized spacial score (nSPS) is 10.4. The Morgan fingerprint density at radius 3 is 2.92 bits per heavy atom. The predicted molar refractivity (Wildman–Crippen MR) is 44.1 cm³/mol. The fourth-order valence-electron chi connectivity index (χ4n) is 0.909. The van der Waals surface area contributed by atoms with Crippen LogP contribution in [0.1, 0.15) is 5.76 Å². The van der Waals surface area contributed by atoms with Gasteiger partial charge in [0.25, 0.3) is 4.84 Å². The molecule has 0 amide bonds. The summed E-state index contributed by atoms with van der Waals surface area (Å²) < 4.78 is 10.2. The van der Waals surface area contributed by atoms with Crippen LogP contribution in [0.3, 0.4) is 0 Å². The minimum absolute atomic E-state index is 0.267. The second kappa shape index (κ2) is 2.60. The van der Waals surface area contributed by atoms with Crippen molar-refractivity contribution in [3.8, 4) is 11.5 Å². The highest BCUT2D eigenvalue weighted by atomic mass is 32.1. The lowest BCUT2D eigenvalue weighted by molar-refractivity contribution is 0.529. The van der Waals surface area contributed by atoms with Crippen molar-refractivity contribution in [2.75, 3.05) is 0 Å². The second-order valence-corrected chi connectivity index (χ2v) is 2.74. The maximum Gasteiger partial charge on any atom is 0.284 e. The van der Waals surface area contributed by atoms with Crippen molar-refractivity contribution in [3.63, 3.8) is 0 Å². The molecule has 0 aliphatic heterocycles. The number of nitrogens with one attached hydrogen (secondary N) is 1. The number of H-pyrrole nitrogens is 1. The fourth-order valence-corrected chi connectivity index (χ4v) is 1.03. The largest absolute Gasteiger partial charge is 0.469 e. The van der Waals surface area contributed by atoms with E-state index < -0.39 is 0 Å². The van der Waals surface area contributed by atoms with E-state index >= 15 is 0 Å². The molecular formula is C7H6N2O2S. The van der Waals surface area contributed by atoms with E-state index in [1.165, 1.54) is 0 Å². The fraction of sp³-hybridized carbons (Fsp3) is 0.143. The number of rotatable bonds is 1. The third-order valence-corrected chi connectivity index (χ3v) is 1.59. The lowest BCUT2D eigenvalue weighted by Crippen LogP contribution is -1.71.